The van der Waals surface area contributed by atoms with Crippen LogP contribution in [0.5, 0.6) is 0 Å². The molecule has 13 heavy (non-hydrogen) atoms. The van der Waals surface area contributed by atoms with Gasteiger partial charge in [0.25, 0.3) is 0 Å². The molecule has 0 unspecified atom stereocenters. The lowest BCUT2D eigenvalue weighted by Gasteiger charge is -1.99. The minimum Gasteiger partial charge on any atom is -0.469 e. The van der Waals surface area contributed by atoms with Crippen LogP contribution in [0.2, 0.25) is 0 Å². The average Bonchev–Trinajstić information content (AvgIpc) is 2.57. The summed E-state index contributed by atoms with van der Waals surface area (Å²) in [4.78, 5) is 11.3. The van der Waals surface area contributed by atoms with Gasteiger partial charge in [-0.05, 0) is 18.7 Å². The molecule has 0 saturated carbocycles. The molecule has 1 aromatic heterocycles. The largest absolute Gasteiger partial charge is 0.469 e. The zero-order valence-corrected chi connectivity index (χ0v) is 7.88. The Morgan fingerprint density at radius 1 is 1.62 bits per heavy atom. The first kappa shape index (κ1) is 9.99. The number of ketones is 1. The summed E-state index contributed by atoms with van der Waals surface area (Å²) in [6.07, 6.45) is 2.58. The van der Waals surface area contributed by atoms with E-state index in [0.29, 0.717) is 12.8 Å². The Morgan fingerprint density at radius 2 is 2.46 bits per heavy atom. The molecule has 1 N–H and O–H groups in total. The predicted molar refractivity (Wildman–Crippen MR) is 50.6 cm³/mol. The second-order valence-corrected chi connectivity index (χ2v) is 2.90. The van der Waals surface area contributed by atoms with Gasteiger partial charge in [-0.3, -0.25) is 4.79 Å². The van der Waals surface area contributed by atoms with Crippen molar-refractivity contribution in [3.05, 3.63) is 24.2 Å². The molecule has 1 rings (SSSR count). The molecule has 1 aromatic rings. The lowest BCUT2D eigenvalue weighted by atomic mass is 10.2. The van der Waals surface area contributed by atoms with Crippen LogP contribution in [-0.4, -0.2) is 18.9 Å². The molecular weight excluding hydrogens is 166 g/mol. The summed E-state index contributed by atoms with van der Waals surface area (Å²) in [5.41, 5.74) is 0. The van der Waals surface area contributed by atoms with Gasteiger partial charge in [-0.25, -0.2) is 0 Å². The highest BCUT2D eigenvalue weighted by Gasteiger charge is 2.04. The number of furan rings is 1. The molecule has 0 aromatic carbocycles. The van der Waals surface area contributed by atoms with E-state index in [4.69, 9.17) is 4.42 Å². The molecule has 0 atom stereocenters. The van der Waals surface area contributed by atoms with Crippen molar-refractivity contribution >= 4 is 5.78 Å². The minimum absolute atomic E-state index is 0.218. The normalized spacial score (nSPS) is 10.2. The second-order valence-electron chi connectivity index (χ2n) is 2.90. The number of carbonyl (C=O) groups excluding carboxylic acids is 1. The minimum atomic E-state index is 0.218. The predicted octanol–water partition coefficient (Wildman–Crippen LogP) is 1.39. The summed E-state index contributed by atoms with van der Waals surface area (Å²) in [5, 5.41) is 3.11. The standard InChI is InChI=1S/C10H15NO2/c1-2-11-6-5-9(12)8-10-4-3-7-13-10/h3-4,7,11H,2,5-6,8H2,1H3. The molecule has 72 valence electrons. The third-order valence-electron chi connectivity index (χ3n) is 1.78. The zero-order valence-electron chi connectivity index (χ0n) is 7.88. The molecule has 0 aliphatic carbocycles. The van der Waals surface area contributed by atoms with E-state index < -0.39 is 0 Å². The summed E-state index contributed by atoms with van der Waals surface area (Å²) in [7, 11) is 0. The van der Waals surface area contributed by atoms with Crippen LogP contribution >= 0.6 is 0 Å². The third kappa shape index (κ3) is 3.90. The summed E-state index contributed by atoms with van der Waals surface area (Å²) >= 11 is 0. The van der Waals surface area contributed by atoms with Crippen molar-refractivity contribution in [3.8, 4) is 0 Å². The first-order chi connectivity index (χ1) is 6.33. The van der Waals surface area contributed by atoms with Gasteiger partial charge in [0.2, 0.25) is 0 Å². The van der Waals surface area contributed by atoms with E-state index in [-0.39, 0.29) is 5.78 Å². The van der Waals surface area contributed by atoms with Gasteiger partial charge in [-0.1, -0.05) is 6.92 Å². The number of nitrogens with one attached hydrogen (secondary N) is 1. The van der Waals surface area contributed by atoms with Crippen molar-refractivity contribution in [2.24, 2.45) is 0 Å². The van der Waals surface area contributed by atoms with E-state index in [9.17, 15) is 4.79 Å². The second kappa shape index (κ2) is 5.54. The van der Waals surface area contributed by atoms with Gasteiger partial charge in [0, 0.05) is 13.0 Å². The highest BCUT2D eigenvalue weighted by atomic mass is 16.3. The van der Waals surface area contributed by atoms with Crippen LogP contribution in [0, 0.1) is 0 Å². The SMILES string of the molecule is CCNCCC(=O)Cc1ccco1. The van der Waals surface area contributed by atoms with Crippen molar-refractivity contribution in [2.75, 3.05) is 13.1 Å². The van der Waals surface area contributed by atoms with Crippen LogP contribution in [0.25, 0.3) is 0 Å². The number of hydrogen-bond acceptors (Lipinski definition) is 3. The summed E-state index contributed by atoms with van der Waals surface area (Å²) in [6, 6.07) is 3.62. The Labute approximate surface area is 78.1 Å². The fourth-order valence-corrected chi connectivity index (χ4v) is 1.10. The molecule has 0 bridgehead atoms. The zero-order chi connectivity index (χ0) is 9.52. The van der Waals surface area contributed by atoms with E-state index in [1.807, 2.05) is 13.0 Å². The Bertz CT molecular complexity index is 241. The molecular formula is C10H15NO2. The molecule has 0 saturated heterocycles. The number of Topliss-reactive ketones (excluding diaryl/α,β-unsaturated/α-hetero) is 1. The van der Waals surface area contributed by atoms with Crippen molar-refractivity contribution in [1.29, 1.82) is 0 Å². The molecule has 0 amide bonds. The maximum absolute atomic E-state index is 11.3. The highest BCUT2D eigenvalue weighted by Crippen LogP contribution is 2.02. The maximum atomic E-state index is 11.3. The van der Waals surface area contributed by atoms with Gasteiger partial charge in [-0.15, -0.1) is 0 Å². The van der Waals surface area contributed by atoms with E-state index in [2.05, 4.69) is 5.32 Å². The molecule has 0 radical (unpaired) electrons. The third-order valence-corrected chi connectivity index (χ3v) is 1.78. The number of hydrogen-bond donors (Lipinski definition) is 1. The molecule has 0 aliphatic heterocycles. The van der Waals surface area contributed by atoms with Gasteiger partial charge in [0.1, 0.15) is 11.5 Å². The van der Waals surface area contributed by atoms with E-state index in [0.717, 1.165) is 18.8 Å². The van der Waals surface area contributed by atoms with Gasteiger partial charge in [0.15, 0.2) is 0 Å². The molecule has 3 heteroatoms. The average molecular weight is 181 g/mol. The van der Waals surface area contributed by atoms with Gasteiger partial charge in [0.05, 0.1) is 12.7 Å². The summed E-state index contributed by atoms with van der Waals surface area (Å²) < 4.78 is 5.07. The van der Waals surface area contributed by atoms with Gasteiger partial charge in [-0.2, -0.15) is 0 Å². The summed E-state index contributed by atoms with van der Waals surface area (Å²) in [5.74, 6) is 0.970. The highest BCUT2D eigenvalue weighted by molar-refractivity contribution is 5.80. The maximum Gasteiger partial charge on any atom is 0.141 e. The van der Waals surface area contributed by atoms with Crippen LogP contribution in [0.15, 0.2) is 22.8 Å². The Kier molecular flexibility index (Phi) is 4.26. The Balaban J connectivity index is 2.18. The summed E-state index contributed by atoms with van der Waals surface area (Å²) in [6.45, 7) is 3.70. The Morgan fingerprint density at radius 3 is 3.08 bits per heavy atom. The number of carbonyl (C=O) groups is 1. The lowest BCUT2D eigenvalue weighted by Crippen LogP contribution is -2.18. The van der Waals surface area contributed by atoms with Crippen LogP contribution in [-0.2, 0) is 11.2 Å². The van der Waals surface area contributed by atoms with E-state index in [1.54, 1.807) is 12.3 Å². The fraction of sp³-hybridized carbons (Fsp3) is 0.500. The van der Waals surface area contributed by atoms with Crippen LogP contribution in [0.4, 0.5) is 0 Å². The quantitative estimate of drug-likeness (QED) is 0.674. The van der Waals surface area contributed by atoms with Crippen LogP contribution in [0.1, 0.15) is 19.1 Å². The van der Waals surface area contributed by atoms with Gasteiger partial charge < -0.3 is 9.73 Å². The Hall–Kier alpha value is -1.09. The topological polar surface area (TPSA) is 42.2 Å². The fourth-order valence-electron chi connectivity index (χ4n) is 1.10. The van der Waals surface area contributed by atoms with E-state index in [1.165, 1.54) is 0 Å². The van der Waals surface area contributed by atoms with Gasteiger partial charge >= 0.3 is 0 Å². The molecule has 3 nitrogen and oxygen atoms in total. The molecule has 0 fully saturated rings. The first-order valence-electron chi connectivity index (χ1n) is 4.57. The smallest absolute Gasteiger partial charge is 0.141 e. The number of rotatable bonds is 6. The lowest BCUT2D eigenvalue weighted by molar-refractivity contribution is -0.118. The first-order valence-corrected chi connectivity index (χ1v) is 4.57. The van der Waals surface area contributed by atoms with Crippen LogP contribution in [0.3, 0.4) is 0 Å². The van der Waals surface area contributed by atoms with Crippen LogP contribution < -0.4 is 5.32 Å². The van der Waals surface area contributed by atoms with Crippen molar-refractivity contribution in [3.63, 3.8) is 0 Å². The molecule has 0 spiro atoms. The van der Waals surface area contributed by atoms with Crippen molar-refractivity contribution in [1.82, 2.24) is 5.32 Å². The molecule has 1 heterocycles. The van der Waals surface area contributed by atoms with E-state index >= 15 is 0 Å². The monoisotopic (exact) mass is 181 g/mol. The van der Waals surface area contributed by atoms with Crippen molar-refractivity contribution < 1.29 is 9.21 Å². The van der Waals surface area contributed by atoms with Crippen molar-refractivity contribution in [2.45, 2.75) is 19.8 Å². The molecule has 0 aliphatic rings.